The van der Waals surface area contributed by atoms with Gasteiger partial charge in [-0.2, -0.15) is 0 Å². The summed E-state index contributed by atoms with van der Waals surface area (Å²) in [6, 6.07) is 3.06. The molecule has 0 fully saturated rings. The first-order valence-corrected chi connectivity index (χ1v) is 8.05. The van der Waals surface area contributed by atoms with Gasteiger partial charge in [0.2, 0.25) is 0 Å². The van der Waals surface area contributed by atoms with Crippen molar-refractivity contribution in [2.24, 2.45) is 0 Å². The highest BCUT2D eigenvalue weighted by molar-refractivity contribution is 5.89. The fourth-order valence-electron chi connectivity index (χ4n) is 1.97. The van der Waals surface area contributed by atoms with Gasteiger partial charge in [-0.15, -0.1) is 0 Å². The Hall–Kier alpha value is -3.35. The van der Waals surface area contributed by atoms with E-state index in [0.717, 1.165) is 5.57 Å². The summed E-state index contributed by atoms with van der Waals surface area (Å²) in [5.41, 5.74) is 2.32. The van der Waals surface area contributed by atoms with E-state index in [9.17, 15) is 9.18 Å². The molecule has 0 radical (unpaired) electrons. The van der Waals surface area contributed by atoms with Crippen molar-refractivity contribution in [2.75, 3.05) is 11.9 Å². The molecule has 0 spiro atoms. The number of urea groups is 1. The van der Waals surface area contributed by atoms with Crippen LogP contribution >= 0.6 is 0 Å². The van der Waals surface area contributed by atoms with Crippen molar-refractivity contribution in [3.8, 4) is 0 Å². The summed E-state index contributed by atoms with van der Waals surface area (Å²) in [6.07, 6.45) is 9.66. The molecule has 2 aromatic heterocycles. The van der Waals surface area contributed by atoms with Crippen molar-refractivity contribution >= 4 is 29.1 Å². The van der Waals surface area contributed by atoms with Crippen molar-refractivity contribution in [1.29, 1.82) is 0 Å². The van der Waals surface area contributed by atoms with Crippen LogP contribution in [0.15, 0.2) is 60.6 Å². The first-order valence-electron chi connectivity index (χ1n) is 8.05. The molecular weight excluding hydrogens is 333 g/mol. The van der Waals surface area contributed by atoms with Gasteiger partial charge in [0.15, 0.2) is 5.65 Å². The van der Waals surface area contributed by atoms with Crippen molar-refractivity contribution in [2.45, 2.75) is 13.8 Å². The summed E-state index contributed by atoms with van der Waals surface area (Å²) in [4.78, 5) is 24.6. The average Bonchev–Trinajstić information content (AvgIpc) is 2.61. The first kappa shape index (κ1) is 19.0. The molecule has 2 aromatic rings. The molecule has 2 heterocycles. The van der Waals surface area contributed by atoms with Gasteiger partial charge in [-0.25, -0.2) is 19.2 Å². The van der Waals surface area contributed by atoms with Gasteiger partial charge in [0.05, 0.1) is 17.7 Å². The monoisotopic (exact) mass is 353 g/mol. The normalized spacial score (nSPS) is 12.4. The molecule has 2 amide bonds. The summed E-state index contributed by atoms with van der Waals surface area (Å²) in [7, 11) is 0. The third-order valence-corrected chi connectivity index (χ3v) is 3.19. The lowest BCUT2D eigenvalue weighted by Crippen LogP contribution is -2.28. The van der Waals surface area contributed by atoms with E-state index >= 15 is 0 Å². The van der Waals surface area contributed by atoms with E-state index < -0.39 is 0 Å². The van der Waals surface area contributed by atoms with Gasteiger partial charge in [0.25, 0.3) is 0 Å². The third kappa shape index (κ3) is 5.62. The standard InChI is InChI=1S/C19H20FN5O/c1-4-14(7-6-13(3)20)8-9-15-12-22-16-10-11-17(24-18(16)23-15)25-19(26)21-5-2/h4,6-12H,1,5H2,2-3H3,(H2,21,23,24,25,26)/b9-8+,13-6+,14-7+. The quantitative estimate of drug-likeness (QED) is 0.764. The van der Waals surface area contributed by atoms with Gasteiger partial charge in [0.1, 0.15) is 11.3 Å². The smallest absolute Gasteiger partial charge is 0.320 e. The van der Waals surface area contributed by atoms with Crippen LogP contribution in [-0.4, -0.2) is 27.5 Å². The van der Waals surface area contributed by atoms with Crippen LogP contribution in [0.1, 0.15) is 19.5 Å². The lowest BCUT2D eigenvalue weighted by molar-refractivity contribution is 0.252. The number of halogens is 1. The Balaban J connectivity index is 2.25. The molecule has 0 saturated carbocycles. The molecule has 2 rings (SSSR count). The highest BCUT2D eigenvalue weighted by atomic mass is 19.1. The molecule has 0 aromatic carbocycles. The topological polar surface area (TPSA) is 79.8 Å². The summed E-state index contributed by atoms with van der Waals surface area (Å²) < 4.78 is 12.8. The molecule has 7 heteroatoms. The Labute approximate surface area is 151 Å². The Morgan fingerprint density at radius 3 is 2.81 bits per heavy atom. The maximum absolute atomic E-state index is 12.8. The average molecular weight is 353 g/mol. The van der Waals surface area contributed by atoms with Gasteiger partial charge >= 0.3 is 6.03 Å². The number of allylic oxidation sites excluding steroid dienone is 6. The number of rotatable bonds is 6. The van der Waals surface area contributed by atoms with E-state index in [-0.39, 0.29) is 11.9 Å². The number of anilines is 1. The van der Waals surface area contributed by atoms with Crippen LogP contribution in [0.25, 0.3) is 17.2 Å². The zero-order valence-electron chi connectivity index (χ0n) is 14.7. The summed E-state index contributed by atoms with van der Waals surface area (Å²) in [5.74, 6) is 0.0914. The van der Waals surface area contributed by atoms with Crippen LogP contribution in [0, 0.1) is 0 Å². The van der Waals surface area contributed by atoms with Gasteiger partial charge in [0, 0.05) is 6.54 Å². The summed E-state index contributed by atoms with van der Waals surface area (Å²) in [6.45, 7) is 7.40. The Kier molecular flexibility index (Phi) is 6.73. The number of hydrogen-bond donors (Lipinski definition) is 2. The van der Waals surface area contributed by atoms with Crippen LogP contribution in [-0.2, 0) is 0 Å². The fraction of sp³-hybridized carbons (Fsp3) is 0.158. The van der Waals surface area contributed by atoms with Crippen LogP contribution in [0.2, 0.25) is 0 Å². The van der Waals surface area contributed by atoms with Gasteiger partial charge in [-0.1, -0.05) is 24.8 Å². The third-order valence-electron chi connectivity index (χ3n) is 3.19. The van der Waals surface area contributed by atoms with E-state index in [1.54, 1.807) is 42.6 Å². The van der Waals surface area contributed by atoms with Crippen LogP contribution < -0.4 is 10.6 Å². The summed E-state index contributed by atoms with van der Waals surface area (Å²) in [5, 5.41) is 5.26. The minimum atomic E-state index is -0.333. The number of carbonyl (C=O) groups is 1. The minimum Gasteiger partial charge on any atom is -0.338 e. The number of pyridine rings is 1. The number of carbonyl (C=O) groups excluding carboxylic acids is 1. The molecule has 6 nitrogen and oxygen atoms in total. The van der Waals surface area contributed by atoms with Crippen molar-refractivity contribution < 1.29 is 9.18 Å². The molecule has 0 saturated heterocycles. The van der Waals surface area contributed by atoms with Crippen LogP contribution in [0.3, 0.4) is 0 Å². The van der Waals surface area contributed by atoms with Gasteiger partial charge < -0.3 is 5.32 Å². The van der Waals surface area contributed by atoms with Crippen molar-refractivity contribution in [3.05, 3.63) is 66.3 Å². The zero-order valence-corrected chi connectivity index (χ0v) is 14.7. The van der Waals surface area contributed by atoms with E-state index in [1.165, 1.54) is 13.0 Å². The molecule has 0 aliphatic rings. The molecule has 0 aliphatic heterocycles. The maximum atomic E-state index is 12.8. The minimum absolute atomic E-state index is 0.292. The zero-order chi connectivity index (χ0) is 18.9. The Morgan fingerprint density at radius 2 is 2.12 bits per heavy atom. The second-order valence-electron chi connectivity index (χ2n) is 5.28. The largest absolute Gasteiger partial charge is 0.338 e. The van der Waals surface area contributed by atoms with Crippen molar-refractivity contribution in [3.63, 3.8) is 0 Å². The van der Waals surface area contributed by atoms with E-state index in [1.807, 2.05) is 6.92 Å². The highest BCUT2D eigenvalue weighted by Crippen LogP contribution is 2.13. The lowest BCUT2D eigenvalue weighted by Gasteiger charge is -2.05. The fourth-order valence-corrected chi connectivity index (χ4v) is 1.97. The predicted octanol–water partition coefficient (Wildman–Crippen LogP) is 4.17. The molecule has 2 N–H and O–H groups in total. The molecule has 26 heavy (non-hydrogen) atoms. The van der Waals surface area contributed by atoms with Gasteiger partial charge in [-0.3, -0.25) is 10.3 Å². The highest BCUT2D eigenvalue weighted by Gasteiger charge is 2.04. The number of nitrogens with zero attached hydrogens (tertiary/aromatic N) is 3. The molecule has 134 valence electrons. The van der Waals surface area contributed by atoms with Crippen molar-refractivity contribution in [1.82, 2.24) is 20.3 Å². The van der Waals surface area contributed by atoms with E-state index in [0.29, 0.717) is 29.2 Å². The summed E-state index contributed by atoms with van der Waals surface area (Å²) >= 11 is 0. The molecule has 0 unspecified atom stereocenters. The van der Waals surface area contributed by atoms with Crippen LogP contribution in [0.5, 0.6) is 0 Å². The number of nitrogens with one attached hydrogen (secondary N) is 2. The lowest BCUT2D eigenvalue weighted by atomic mass is 10.2. The molecule has 0 aliphatic carbocycles. The van der Waals surface area contributed by atoms with E-state index in [4.69, 9.17) is 0 Å². The number of hydrogen-bond acceptors (Lipinski definition) is 4. The second kappa shape index (κ2) is 9.22. The number of amides is 2. The molecule has 0 bridgehead atoms. The predicted molar refractivity (Wildman–Crippen MR) is 102 cm³/mol. The Morgan fingerprint density at radius 1 is 1.31 bits per heavy atom. The maximum Gasteiger partial charge on any atom is 0.320 e. The molecular formula is C19H20FN5O. The second-order valence-corrected chi connectivity index (χ2v) is 5.28. The Bertz CT molecular complexity index is 898. The van der Waals surface area contributed by atoms with Crippen LogP contribution in [0.4, 0.5) is 15.0 Å². The molecule has 0 atom stereocenters. The first-order chi connectivity index (χ1) is 12.5. The number of aromatic nitrogens is 3. The van der Waals surface area contributed by atoms with Gasteiger partial charge in [-0.05, 0) is 43.7 Å². The SMILES string of the molecule is C=CC(/C=C/c1cnc2ccc(NC(=O)NCC)nc2n1)=C\C=C(/C)F. The van der Waals surface area contributed by atoms with E-state index in [2.05, 4.69) is 32.2 Å². The number of fused-ring (bicyclic) bond motifs is 1.